The molecule has 1 fully saturated rings. The Bertz CT molecular complexity index is 548. The largest absolute Gasteiger partial charge is 0.370 e. The summed E-state index contributed by atoms with van der Waals surface area (Å²) < 4.78 is 7.76. The first-order chi connectivity index (χ1) is 12.6. The predicted octanol–water partition coefficient (Wildman–Crippen LogP) is 3.98. The van der Waals surface area contributed by atoms with Gasteiger partial charge in [0.05, 0.1) is 19.3 Å². The molecule has 0 amide bonds. The molecule has 0 radical (unpaired) electrons. The van der Waals surface area contributed by atoms with Gasteiger partial charge in [-0.1, -0.05) is 46.0 Å². The van der Waals surface area contributed by atoms with E-state index >= 15 is 0 Å². The maximum absolute atomic E-state index is 5.94. The van der Waals surface area contributed by atoms with Crippen molar-refractivity contribution in [3.05, 3.63) is 18.0 Å². The van der Waals surface area contributed by atoms with Crippen molar-refractivity contribution in [2.45, 2.75) is 58.5 Å². The summed E-state index contributed by atoms with van der Waals surface area (Å²) in [5.41, 5.74) is 1.13. The molecule has 0 aromatic carbocycles. The van der Waals surface area contributed by atoms with Gasteiger partial charge in [-0.25, -0.2) is 0 Å². The molecule has 1 saturated heterocycles. The highest BCUT2D eigenvalue weighted by molar-refractivity contribution is 14.0. The highest BCUT2D eigenvalue weighted by atomic mass is 127. The van der Waals surface area contributed by atoms with E-state index in [0.717, 1.165) is 31.2 Å². The number of nitrogens with zero attached hydrogens (tertiary/aromatic N) is 4. The van der Waals surface area contributed by atoms with Gasteiger partial charge in [-0.15, -0.1) is 24.0 Å². The lowest BCUT2D eigenvalue weighted by Gasteiger charge is -2.35. The average molecular weight is 491 g/mol. The molecular weight excluding hydrogens is 453 g/mol. The number of guanidine groups is 1. The van der Waals surface area contributed by atoms with Crippen LogP contribution in [0.1, 0.15) is 64.0 Å². The van der Waals surface area contributed by atoms with Gasteiger partial charge in [-0.3, -0.25) is 9.67 Å². The number of halogens is 1. The zero-order valence-electron chi connectivity index (χ0n) is 17.5. The quantitative estimate of drug-likeness (QED) is 0.246. The molecule has 1 aliphatic heterocycles. The monoisotopic (exact) mass is 491 g/mol. The first-order valence-corrected chi connectivity index (χ1v) is 10.2. The molecule has 156 valence electrons. The van der Waals surface area contributed by atoms with Gasteiger partial charge >= 0.3 is 0 Å². The first kappa shape index (κ1) is 24.2. The summed E-state index contributed by atoms with van der Waals surface area (Å²) >= 11 is 0. The fourth-order valence-corrected chi connectivity index (χ4v) is 3.45. The second kappa shape index (κ2) is 13.4. The van der Waals surface area contributed by atoms with Gasteiger partial charge in [-0.2, -0.15) is 5.10 Å². The van der Waals surface area contributed by atoms with Crippen LogP contribution in [0.25, 0.3) is 0 Å². The van der Waals surface area contributed by atoms with Crippen molar-refractivity contribution in [1.82, 2.24) is 20.0 Å². The second-order valence-electron chi connectivity index (χ2n) is 7.49. The van der Waals surface area contributed by atoms with Crippen LogP contribution >= 0.6 is 24.0 Å². The van der Waals surface area contributed by atoms with Crippen LogP contribution < -0.4 is 5.32 Å². The zero-order valence-corrected chi connectivity index (χ0v) is 19.8. The number of rotatable bonds is 9. The number of nitrogens with one attached hydrogen (secondary N) is 1. The van der Waals surface area contributed by atoms with E-state index in [-0.39, 0.29) is 30.1 Å². The number of hydrogen-bond donors (Lipinski definition) is 1. The molecule has 0 saturated carbocycles. The van der Waals surface area contributed by atoms with E-state index in [1.54, 1.807) is 0 Å². The fourth-order valence-electron chi connectivity index (χ4n) is 3.45. The standard InChI is InChI=1S/C20H37N5O.HI/c1-5-6-7-8-9-10-17(2)13-22-20(21-3)25-11-12-26-19(16-25)18-14-23-24(4)15-18;/h14-15,17,19H,5-13,16H2,1-4H3,(H,21,22);1H. The molecule has 0 bridgehead atoms. The zero-order chi connectivity index (χ0) is 18.8. The summed E-state index contributed by atoms with van der Waals surface area (Å²) in [7, 11) is 3.81. The number of hydrogen-bond acceptors (Lipinski definition) is 3. The Morgan fingerprint density at radius 1 is 1.37 bits per heavy atom. The van der Waals surface area contributed by atoms with Crippen molar-refractivity contribution >= 4 is 29.9 Å². The summed E-state index contributed by atoms with van der Waals surface area (Å²) in [6.07, 6.45) is 12.0. The minimum atomic E-state index is 0. The van der Waals surface area contributed by atoms with Crippen LogP contribution in [0.5, 0.6) is 0 Å². The lowest BCUT2D eigenvalue weighted by atomic mass is 10.0. The van der Waals surface area contributed by atoms with E-state index < -0.39 is 0 Å². The van der Waals surface area contributed by atoms with Gasteiger partial charge in [0.2, 0.25) is 0 Å². The van der Waals surface area contributed by atoms with E-state index in [2.05, 4.69) is 34.2 Å². The van der Waals surface area contributed by atoms with Gasteiger partial charge in [0.25, 0.3) is 0 Å². The van der Waals surface area contributed by atoms with Gasteiger partial charge in [0.15, 0.2) is 5.96 Å². The van der Waals surface area contributed by atoms with E-state index in [0.29, 0.717) is 12.5 Å². The molecular formula is C20H38IN5O. The number of morpholine rings is 1. The molecule has 2 heterocycles. The van der Waals surface area contributed by atoms with Crippen LogP contribution in [0.3, 0.4) is 0 Å². The molecule has 0 spiro atoms. The highest BCUT2D eigenvalue weighted by Crippen LogP contribution is 2.21. The minimum Gasteiger partial charge on any atom is -0.370 e. The summed E-state index contributed by atoms with van der Waals surface area (Å²) in [5.74, 6) is 1.66. The predicted molar refractivity (Wildman–Crippen MR) is 123 cm³/mol. The molecule has 27 heavy (non-hydrogen) atoms. The third-order valence-corrected chi connectivity index (χ3v) is 5.08. The molecule has 2 rings (SSSR count). The van der Waals surface area contributed by atoms with Crippen LogP contribution in [-0.4, -0.2) is 53.9 Å². The lowest BCUT2D eigenvalue weighted by molar-refractivity contribution is -0.00807. The molecule has 1 aromatic heterocycles. The maximum atomic E-state index is 5.94. The van der Waals surface area contributed by atoms with E-state index in [1.807, 2.05) is 31.2 Å². The molecule has 1 N–H and O–H groups in total. The Kier molecular flexibility index (Phi) is 12.0. The van der Waals surface area contributed by atoms with E-state index in [1.165, 1.54) is 38.5 Å². The van der Waals surface area contributed by atoms with Crippen LogP contribution in [0.15, 0.2) is 17.4 Å². The Morgan fingerprint density at radius 3 is 2.81 bits per heavy atom. The van der Waals surface area contributed by atoms with Crippen molar-refractivity contribution in [1.29, 1.82) is 0 Å². The average Bonchev–Trinajstić information content (AvgIpc) is 3.09. The van der Waals surface area contributed by atoms with Gasteiger partial charge in [0, 0.05) is 38.9 Å². The third-order valence-electron chi connectivity index (χ3n) is 5.08. The highest BCUT2D eigenvalue weighted by Gasteiger charge is 2.25. The molecule has 2 atom stereocenters. The number of aromatic nitrogens is 2. The van der Waals surface area contributed by atoms with Crippen LogP contribution in [0.2, 0.25) is 0 Å². The summed E-state index contributed by atoms with van der Waals surface area (Å²) in [6, 6.07) is 0. The van der Waals surface area contributed by atoms with E-state index in [9.17, 15) is 0 Å². The summed E-state index contributed by atoms with van der Waals surface area (Å²) in [6.45, 7) is 7.99. The topological polar surface area (TPSA) is 54.7 Å². The van der Waals surface area contributed by atoms with Gasteiger partial charge < -0.3 is 15.0 Å². The SMILES string of the molecule is CCCCCCCC(C)CNC(=NC)N1CCOC(c2cnn(C)c2)C1.I. The number of ether oxygens (including phenoxy) is 1. The van der Waals surface area contributed by atoms with Gasteiger partial charge in [0.1, 0.15) is 6.10 Å². The number of aliphatic imine (C=N–C) groups is 1. The van der Waals surface area contributed by atoms with Crippen LogP contribution in [0.4, 0.5) is 0 Å². The number of unbranched alkanes of at least 4 members (excludes halogenated alkanes) is 4. The minimum absolute atomic E-state index is 0. The normalized spacial score (nSPS) is 18.9. The fraction of sp³-hybridized carbons (Fsp3) is 0.800. The third kappa shape index (κ3) is 8.37. The maximum Gasteiger partial charge on any atom is 0.193 e. The molecule has 2 unspecified atom stereocenters. The molecule has 6 nitrogen and oxygen atoms in total. The van der Waals surface area contributed by atoms with E-state index in [4.69, 9.17) is 4.74 Å². The number of aryl methyl sites for hydroxylation is 1. The first-order valence-electron chi connectivity index (χ1n) is 10.2. The Morgan fingerprint density at radius 2 is 2.15 bits per heavy atom. The Balaban J connectivity index is 0.00000364. The molecule has 0 aliphatic carbocycles. The summed E-state index contributed by atoms with van der Waals surface area (Å²) in [5, 5.41) is 7.83. The summed E-state index contributed by atoms with van der Waals surface area (Å²) in [4.78, 5) is 6.79. The molecule has 7 heteroatoms. The van der Waals surface area contributed by atoms with Gasteiger partial charge in [-0.05, 0) is 12.3 Å². The molecule has 1 aromatic rings. The Hall–Kier alpha value is -0.830. The molecule has 1 aliphatic rings. The Labute approximate surface area is 182 Å². The van der Waals surface area contributed by atoms with Crippen molar-refractivity contribution in [3.8, 4) is 0 Å². The second-order valence-corrected chi connectivity index (χ2v) is 7.49. The van der Waals surface area contributed by atoms with Crippen molar-refractivity contribution in [2.24, 2.45) is 18.0 Å². The van der Waals surface area contributed by atoms with Crippen molar-refractivity contribution in [3.63, 3.8) is 0 Å². The van der Waals surface area contributed by atoms with Crippen LogP contribution in [0, 0.1) is 5.92 Å². The van der Waals surface area contributed by atoms with Crippen molar-refractivity contribution in [2.75, 3.05) is 33.3 Å². The lowest BCUT2D eigenvalue weighted by Crippen LogP contribution is -2.48. The van der Waals surface area contributed by atoms with Crippen molar-refractivity contribution < 1.29 is 4.74 Å². The smallest absolute Gasteiger partial charge is 0.193 e. The van der Waals surface area contributed by atoms with Crippen LogP contribution in [-0.2, 0) is 11.8 Å².